The van der Waals surface area contributed by atoms with Gasteiger partial charge in [-0.3, -0.25) is 5.10 Å². The fourth-order valence-electron chi connectivity index (χ4n) is 1.21. The molecule has 0 spiro atoms. The second kappa shape index (κ2) is 6.02. The molecule has 17 heavy (non-hydrogen) atoms. The van der Waals surface area contributed by atoms with Crippen LogP contribution >= 0.6 is 23.1 Å². The normalized spacial score (nSPS) is 10.7. The minimum atomic E-state index is 0.791. The zero-order chi connectivity index (χ0) is 12.1. The van der Waals surface area contributed by atoms with E-state index < -0.39 is 0 Å². The lowest BCUT2D eigenvalue weighted by molar-refractivity contribution is 0.969. The summed E-state index contributed by atoms with van der Waals surface area (Å²) in [4.78, 5) is 9.80. The molecule has 92 valence electrons. The summed E-state index contributed by atoms with van der Waals surface area (Å²) < 4.78 is 0. The number of anilines is 1. The lowest BCUT2D eigenvalue weighted by atomic mass is 10.5. The molecule has 0 bridgehead atoms. The maximum atomic E-state index is 4.32. The Hall–Kier alpha value is -1.08. The summed E-state index contributed by atoms with van der Waals surface area (Å²) in [5.41, 5.74) is 0. The van der Waals surface area contributed by atoms with Crippen LogP contribution in [0.3, 0.4) is 0 Å². The van der Waals surface area contributed by atoms with Gasteiger partial charge < -0.3 is 5.32 Å². The summed E-state index contributed by atoms with van der Waals surface area (Å²) >= 11 is 3.31. The Morgan fingerprint density at radius 1 is 1.53 bits per heavy atom. The van der Waals surface area contributed by atoms with Gasteiger partial charge in [-0.1, -0.05) is 18.7 Å². The summed E-state index contributed by atoms with van der Waals surface area (Å²) in [7, 11) is 0. The Labute approximate surface area is 108 Å². The van der Waals surface area contributed by atoms with Crippen LogP contribution in [0.1, 0.15) is 24.0 Å². The molecule has 0 aliphatic heterocycles. The molecule has 0 aromatic carbocycles. The first-order valence-electron chi connectivity index (χ1n) is 5.48. The van der Waals surface area contributed by atoms with E-state index in [2.05, 4.69) is 32.4 Å². The van der Waals surface area contributed by atoms with Crippen LogP contribution in [0.2, 0.25) is 0 Å². The van der Waals surface area contributed by atoms with E-state index in [0.717, 1.165) is 34.8 Å². The fourth-order valence-corrected chi connectivity index (χ4v) is 2.91. The molecule has 2 heterocycles. The maximum absolute atomic E-state index is 4.32. The zero-order valence-electron chi connectivity index (χ0n) is 9.86. The fraction of sp³-hybridized carbons (Fsp3) is 0.500. The molecule has 0 aliphatic rings. The van der Waals surface area contributed by atoms with Crippen LogP contribution in [0.25, 0.3) is 0 Å². The third-order valence-corrected chi connectivity index (χ3v) is 4.03. The van der Waals surface area contributed by atoms with Crippen molar-refractivity contribution in [3.63, 3.8) is 0 Å². The minimum absolute atomic E-state index is 0.791. The number of aryl methyl sites for hydroxylation is 1. The third kappa shape index (κ3) is 3.71. The molecule has 0 aliphatic carbocycles. The summed E-state index contributed by atoms with van der Waals surface area (Å²) in [5.74, 6) is 1.71. The van der Waals surface area contributed by atoms with Gasteiger partial charge >= 0.3 is 0 Å². The van der Waals surface area contributed by atoms with Gasteiger partial charge in [-0.25, -0.2) is 9.97 Å². The largest absolute Gasteiger partial charge is 0.362 e. The number of hydrogen-bond donors (Lipinski definition) is 2. The molecule has 0 atom stereocenters. The lowest BCUT2D eigenvalue weighted by Crippen LogP contribution is -1.97. The van der Waals surface area contributed by atoms with Crippen LogP contribution < -0.4 is 5.32 Å². The molecular formula is C10H15N5S2. The van der Waals surface area contributed by atoms with Gasteiger partial charge in [0.15, 0.2) is 5.13 Å². The first kappa shape index (κ1) is 12.4. The van der Waals surface area contributed by atoms with Crippen molar-refractivity contribution < 1.29 is 0 Å². The molecule has 7 heteroatoms. The smallest absolute Gasteiger partial charge is 0.208 e. The highest BCUT2D eigenvalue weighted by molar-refractivity contribution is 7.98. The SMILES string of the molecule is CCCNc1ncc(CSc2n[nH]c(C)n2)s1. The molecule has 0 fully saturated rings. The van der Waals surface area contributed by atoms with Crippen LogP contribution in [0.15, 0.2) is 11.4 Å². The quantitative estimate of drug-likeness (QED) is 0.789. The highest BCUT2D eigenvalue weighted by atomic mass is 32.2. The first-order chi connectivity index (χ1) is 8.28. The molecule has 0 amide bonds. The van der Waals surface area contributed by atoms with Crippen molar-refractivity contribution in [2.45, 2.75) is 31.2 Å². The van der Waals surface area contributed by atoms with Crippen LogP contribution in [-0.4, -0.2) is 26.7 Å². The van der Waals surface area contributed by atoms with E-state index in [4.69, 9.17) is 0 Å². The van der Waals surface area contributed by atoms with Crippen molar-refractivity contribution in [2.75, 3.05) is 11.9 Å². The Morgan fingerprint density at radius 3 is 3.12 bits per heavy atom. The number of thioether (sulfide) groups is 1. The number of hydrogen-bond acceptors (Lipinski definition) is 6. The molecule has 0 unspecified atom stereocenters. The minimum Gasteiger partial charge on any atom is -0.362 e. The Morgan fingerprint density at radius 2 is 2.41 bits per heavy atom. The Kier molecular flexibility index (Phi) is 4.38. The van der Waals surface area contributed by atoms with Gasteiger partial charge in [0.2, 0.25) is 5.16 Å². The molecule has 0 saturated carbocycles. The van der Waals surface area contributed by atoms with E-state index in [9.17, 15) is 0 Å². The van der Waals surface area contributed by atoms with E-state index in [1.54, 1.807) is 23.1 Å². The number of thiazole rings is 1. The van der Waals surface area contributed by atoms with Gasteiger partial charge in [0.1, 0.15) is 5.82 Å². The van der Waals surface area contributed by atoms with E-state index in [-0.39, 0.29) is 0 Å². The van der Waals surface area contributed by atoms with Crippen molar-refractivity contribution in [2.24, 2.45) is 0 Å². The van der Waals surface area contributed by atoms with Crippen molar-refractivity contribution in [3.8, 4) is 0 Å². The highest BCUT2D eigenvalue weighted by Gasteiger charge is 2.05. The first-order valence-corrected chi connectivity index (χ1v) is 7.28. The molecular weight excluding hydrogens is 254 g/mol. The van der Waals surface area contributed by atoms with Crippen LogP contribution in [0.5, 0.6) is 0 Å². The molecule has 0 saturated heterocycles. The summed E-state index contributed by atoms with van der Waals surface area (Å²) in [6.45, 7) is 5.01. The van der Waals surface area contributed by atoms with Gasteiger partial charge in [0.25, 0.3) is 0 Å². The zero-order valence-corrected chi connectivity index (χ0v) is 11.5. The average molecular weight is 269 g/mol. The van der Waals surface area contributed by atoms with Gasteiger partial charge in [-0.15, -0.1) is 16.4 Å². The summed E-state index contributed by atoms with van der Waals surface area (Å²) in [6.07, 6.45) is 3.02. The molecule has 2 N–H and O–H groups in total. The van der Waals surface area contributed by atoms with E-state index >= 15 is 0 Å². The predicted molar refractivity (Wildman–Crippen MR) is 71.6 cm³/mol. The second-order valence-corrected chi connectivity index (χ2v) is 5.61. The third-order valence-electron chi connectivity index (χ3n) is 2.00. The number of aromatic nitrogens is 4. The van der Waals surface area contributed by atoms with Gasteiger partial charge in [-0.2, -0.15) is 0 Å². The molecule has 2 rings (SSSR count). The summed E-state index contributed by atoms with van der Waals surface area (Å²) in [5, 5.41) is 12.0. The molecule has 5 nitrogen and oxygen atoms in total. The Balaban J connectivity index is 1.84. The molecule has 2 aromatic rings. The number of rotatable bonds is 6. The lowest BCUT2D eigenvalue weighted by Gasteiger charge is -1.96. The molecule has 2 aromatic heterocycles. The van der Waals surface area contributed by atoms with Gasteiger partial charge in [0.05, 0.1) is 0 Å². The van der Waals surface area contributed by atoms with Crippen molar-refractivity contribution in [1.82, 2.24) is 20.2 Å². The van der Waals surface area contributed by atoms with Crippen LogP contribution in [-0.2, 0) is 5.75 Å². The van der Waals surface area contributed by atoms with Crippen LogP contribution in [0, 0.1) is 6.92 Å². The second-order valence-electron chi connectivity index (χ2n) is 3.55. The van der Waals surface area contributed by atoms with Crippen molar-refractivity contribution in [1.29, 1.82) is 0 Å². The summed E-state index contributed by atoms with van der Waals surface area (Å²) in [6, 6.07) is 0. The topological polar surface area (TPSA) is 66.5 Å². The van der Waals surface area contributed by atoms with Crippen LogP contribution in [0.4, 0.5) is 5.13 Å². The van der Waals surface area contributed by atoms with E-state index in [1.165, 1.54) is 4.88 Å². The van der Waals surface area contributed by atoms with Crippen molar-refractivity contribution >= 4 is 28.2 Å². The Bertz CT molecular complexity index is 465. The van der Waals surface area contributed by atoms with E-state index in [0.29, 0.717) is 0 Å². The monoisotopic (exact) mass is 269 g/mol. The van der Waals surface area contributed by atoms with Gasteiger partial charge in [-0.05, 0) is 13.3 Å². The number of nitrogens with zero attached hydrogens (tertiary/aromatic N) is 3. The standard InChI is InChI=1S/C10H15N5S2/c1-3-4-11-9-12-5-8(17-9)6-16-10-13-7(2)14-15-10/h5H,3-4,6H2,1-2H3,(H,11,12)(H,13,14,15). The van der Waals surface area contributed by atoms with Gasteiger partial charge in [0, 0.05) is 23.4 Å². The van der Waals surface area contributed by atoms with Crippen molar-refractivity contribution in [3.05, 3.63) is 16.9 Å². The number of H-pyrrole nitrogens is 1. The van der Waals surface area contributed by atoms with E-state index in [1.807, 2.05) is 13.1 Å². The highest BCUT2D eigenvalue weighted by Crippen LogP contribution is 2.25. The maximum Gasteiger partial charge on any atom is 0.208 e. The molecule has 0 radical (unpaired) electrons. The number of aromatic amines is 1. The predicted octanol–water partition coefficient (Wildman–Crippen LogP) is 2.68. The average Bonchev–Trinajstić information content (AvgIpc) is 2.93. The number of nitrogens with one attached hydrogen (secondary N) is 2.